The molecule has 0 saturated carbocycles. The van der Waals surface area contributed by atoms with E-state index in [0.29, 0.717) is 33.8 Å². The van der Waals surface area contributed by atoms with Crippen molar-refractivity contribution in [3.05, 3.63) is 94.4 Å². The van der Waals surface area contributed by atoms with E-state index in [1.807, 2.05) is 73.1 Å². The molecule has 5 rings (SSSR count). The van der Waals surface area contributed by atoms with Crippen molar-refractivity contribution in [3.63, 3.8) is 0 Å². The van der Waals surface area contributed by atoms with Crippen LogP contribution in [-0.2, 0) is 7.05 Å². The molecular formula is C29H25N2O+. The van der Waals surface area contributed by atoms with Gasteiger partial charge in [0, 0.05) is 39.0 Å². The monoisotopic (exact) mass is 421 g/mol. The van der Waals surface area contributed by atoms with E-state index in [9.17, 15) is 0 Å². The first-order valence-electron chi connectivity index (χ1n) is 12.5. The minimum atomic E-state index is -2.32. The standard InChI is InChI=1S/C29H25N2O/c1-17-12-15-25-28(26(17)24-16-18(2)19(3)20(4)31(24)6)22-13-14-23(30-5)27(29(22)32-25)21-10-8-7-9-11-21/h7-16H,1-4,6H3/q+1/i3D3,16D. The molecule has 0 bridgehead atoms. The Morgan fingerprint density at radius 2 is 1.75 bits per heavy atom. The summed E-state index contributed by atoms with van der Waals surface area (Å²) in [6.45, 7) is 10.9. The normalized spacial score (nSPS) is 13.5. The molecule has 0 atom stereocenters. The van der Waals surface area contributed by atoms with E-state index in [4.69, 9.17) is 16.5 Å². The van der Waals surface area contributed by atoms with Crippen LogP contribution in [0.3, 0.4) is 0 Å². The SMILES string of the molecule is [2H]c1c(C)c(C([2H])([2H])[2H])c(C)[n+](C)c1-c1c(C)ccc2oc3c(-c4ccccc4)c([N+]#[C-])ccc3c12. The predicted molar refractivity (Wildman–Crippen MR) is 131 cm³/mol. The van der Waals surface area contributed by atoms with Crippen molar-refractivity contribution < 1.29 is 14.5 Å². The van der Waals surface area contributed by atoms with Gasteiger partial charge in [0.1, 0.15) is 18.2 Å². The number of benzene rings is 3. The fourth-order valence-corrected chi connectivity index (χ4v) is 4.47. The van der Waals surface area contributed by atoms with E-state index >= 15 is 0 Å². The van der Waals surface area contributed by atoms with E-state index in [-0.39, 0.29) is 11.6 Å². The quantitative estimate of drug-likeness (QED) is 0.213. The van der Waals surface area contributed by atoms with Gasteiger partial charge < -0.3 is 4.42 Å². The van der Waals surface area contributed by atoms with Gasteiger partial charge in [0.25, 0.3) is 0 Å². The number of aryl methyl sites for hydroxylation is 1. The molecule has 0 aliphatic heterocycles. The highest BCUT2D eigenvalue weighted by Gasteiger charge is 2.25. The Balaban J connectivity index is 1.95. The Kier molecular flexibility index (Phi) is 3.64. The van der Waals surface area contributed by atoms with Gasteiger partial charge in [-0.3, -0.25) is 0 Å². The van der Waals surface area contributed by atoms with Crippen molar-refractivity contribution >= 4 is 27.6 Å². The summed E-state index contributed by atoms with van der Waals surface area (Å²) in [4.78, 5) is 3.75. The molecule has 0 saturated heterocycles. The van der Waals surface area contributed by atoms with Crippen LogP contribution < -0.4 is 4.57 Å². The fraction of sp³-hybridized carbons (Fsp3) is 0.172. The largest absolute Gasteiger partial charge is 0.457 e. The third-order valence-corrected chi connectivity index (χ3v) is 6.29. The van der Waals surface area contributed by atoms with Gasteiger partial charge in [0.2, 0.25) is 5.69 Å². The van der Waals surface area contributed by atoms with E-state index < -0.39 is 6.85 Å². The summed E-state index contributed by atoms with van der Waals surface area (Å²) < 4.78 is 41.3. The Bertz CT molecular complexity index is 1700. The van der Waals surface area contributed by atoms with Gasteiger partial charge in [-0.2, -0.15) is 4.57 Å². The molecule has 32 heavy (non-hydrogen) atoms. The molecule has 0 fully saturated rings. The van der Waals surface area contributed by atoms with Crippen LogP contribution in [-0.4, -0.2) is 0 Å². The summed E-state index contributed by atoms with van der Waals surface area (Å²) in [6, 6.07) is 17.5. The molecule has 0 aliphatic rings. The van der Waals surface area contributed by atoms with Gasteiger partial charge in [0.15, 0.2) is 11.4 Å². The second-order valence-electron chi connectivity index (χ2n) is 8.16. The van der Waals surface area contributed by atoms with Crippen molar-refractivity contribution in [1.29, 1.82) is 0 Å². The number of furan rings is 1. The number of rotatable bonds is 2. The molecular weight excluding hydrogens is 392 g/mol. The predicted octanol–water partition coefficient (Wildman–Crippen LogP) is 7.53. The third-order valence-electron chi connectivity index (χ3n) is 6.29. The molecule has 0 radical (unpaired) electrons. The zero-order valence-electron chi connectivity index (χ0n) is 22.5. The van der Waals surface area contributed by atoms with Crippen LogP contribution in [0, 0.1) is 34.2 Å². The second-order valence-corrected chi connectivity index (χ2v) is 8.16. The van der Waals surface area contributed by atoms with Crippen molar-refractivity contribution in [2.75, 3.05) is 0 Å². The number of hydrogen-bond donors (Lipinski definition) is 0. The highest BCUT2D eigenvalue weighted by molar-refractivity contribution is 6.17. The first-order valence-corrected chi connectivity index (χ1v) is 10.5. The second kappa shape index (κ2) is 7.35. The van der Waals surface area contributed by atoms with Crippen LogP contribution >= 0.6 is 0 Å². The van der Waals surface area contributed by atoms with Crippen molar-refractivity contribution in [2.24, 2.45) is 7.05 Å². The molecule has 3 nitrogen and oxygen atoms in total. The van der Waals surface area contributed by atoms with Crippen LogP contribution in [0.2, 0.25) is 0 Å². The average Bonchev–Trinajstić information content (AvgIpc) is 3.22. The summed E-state index contributed by atoms with van der Waals surface area (Å²) in [5.41, 5.74) is 7.10. The molecule has 0 amide bonds. The topological polar surface area (TPSA) is 21.4 Å². The lowest BCUT2D eigenvalue weighted by atomic mass is 9.94. The number of hydrogen-bond acceptors (Lipinski definition) is 1. The first kappa shape index (κ1) is 15.8. The Labute approximate surface area is 194 Å². The van der Waals surface area contributed by atoms with Crippen LogP contribution in [0.15, 0.2) is 65.1 Å². The summed E-state index contributed by atoms with van der Waals surface area (Å²) in [6.07, 6.45) is 0. The lowest BCUT2D eigenvalue weighted by molar-refractivity contribution is -0.667. The molecule has 0 aliphatic carbocycles. The van der Waals surface area contributed by atoms with Crippen molar-refractivity contribution in [2.45, 2.75) is 27.6 Å². The molecule has 0 unspecified atom stereocenters. The smallest absolute Gasteiger partial charge is 0.213 e. The zero-order chi connectivity index (χ0) is 25.9. The van der Waals surface area contributed by atoms with E-state index in [1.165, 1.54) is 0 Å². The zero-order valence-corrected chi connectivity index (χ0v) is 18.5. The van der Waals surface area contributed by atoms with E-state index in [1.54, 1.807) is 13.8 Å². The number of aromatic nitrogens is 1. The third kappa shape index (κ3) is 2.84. The minimum Gasteiger partial charge on any atom is -0.457 e. The van der Waals surface area contributed by atoms with Gasteiger partial charge in [0.05, 0.1) is 13.5 Å². The fourth-order valence-electron chi connectivity index (χ4n) is 4.47. The van der Waals surface area contributed by atoms with Gasteiger partial charge in [-0.25, -0.2) is 4.85 Å². The Morgan fingerprint density at radius 1 is 0.969 bits per heavy atom. The Morgan fingerprint density at radius 3 is 2.47 bits per heavy atom. The summed E-state index contributed by atoms with van der Waals surface area (Å²) in [5, 5.41) is 1.70. The molecule has 0 spiro atoms. The van der Waals surface area contributed by atoms with Crippen LogP contribution in [0.4, 0.5) is 5.69 Å². The number of nitrogens with zero attached hydrogens (tertiary/aromatic N) is 2. The molecule has 0 N–H and O–H groups in total. The Hall–Kier alpha value is -3.90. The van der Waals surface area contributed by atoms with Gasteiger partial charge in [-0.15, -0.1) is 0 Å². The summed E-state index contributed by atoms with van der Waals surface area (Å²) in [5.74, 6) is 0. The van der Waals surface area contributed by atoms with Crippen molar-refractivity contribution in [3.8, 4) is 22.4 Å². The highest BCUT2D eigenvalue weighted by atomic mass is 16.3. The van der Waals surface area contributed by atoms with Gasteiger partial charge in [-0.05, 0) is 43.5 Å². The summed E-state index contributed by atoms with van der Waals surface area (Å²) in [7, 11) is 1.81. The molecule has 3 heteroatoms. The van der Waals surface area contributed by atoms with Crippen LogP contribution in [0.1, 0.15) is 27.9 Å². The molecule has 156 valence electrons. The molecule has 2 aromatic heterocycles. The number of pyridine rings is 1. The lowest BCUT2D eigenvalue weighted by Crippen LogP contribution is -2.36. The maximum Gasteiger partial charge on any atom is 0.213 e. The maximum absolute atomic E-state index is 9.02. The first-order chi connectivity index (χ1) is 17.1. The van der Waals surface area contributed by atoms with Crippen molar-refractivity contribution in [1.82, 2.24) is 0 Å². The minimum absolute atomic E-state index is 0.181. The van der Waals surface area contributed by atoms with Crippen LogP contribution in [0.5, 0.6) is 0 Å². The maximum atomic E-state index is 9.02. The summed E-state index contributed by atoms with van der Waals surface area (Å²) >= 11 is 0. The van der Waals surface area contributed by atoms with Gasteiger partial charge >= 0.3 is 0 Å². The van der Waals surface area contributed by atoms with Crippen LogP contribution in [0.25, 0.3) is 49.2 Å². The molecule has 3 aromatic carbocycles. The van der Waals surface area contributed by atoms with E-state index in [0.717, 1.165) is 33.0 Å². The molecule has 5 aromatic rings. The lowest BCUT2D eigenvalue weighted by Gasteiger charge is -2.11. The van der Waals surface area contributed by atoms with Gasteiger partial charge in [-0.1, -0.05) is 48.5 Å². The highest BCUT2D eigenvalue weighted by Crippen LogP contribution is 2.44. The number of fused-ring (bicyclic) bond motifs is 3. The van der Waals surface area contributed by atoms with E-state index in [2.05, 4.69) is 4.85 Å². The molecule has 2 heterocycles. The average molecular weight is 422 g/mol.